The zero-order valence-electron chi connectivity index (χ0n) is 15.7. The van der Waals surface area contributed by atoms with Gasteiger partial charge in [0.05, 0.1) is 10.2 Å². The van der Waals surface area contributed by atoms with E-state index in [0.717, 1.165) is 35.7 Å². The quantitative estimate of drug-likeness (QED) is 0.437. The number of anilines is 1. The van der Waals surface area contributed by atoms with Gasteiger partial charge in [0.25, 0.3) is 0 Å². The molecule has 0 atom stereocenters. The molecule has 0 bridgehead atoms. The van der Waals surface area contributed by atoms with Crippen molar-refractivity contribution >= 4 is 26.7 Å². The standard InChI is InChI=1S/C23H22N2O2S/c1-2-13-25(23-24-20-5-3-4-6-22(20)28-23)15-16-7-9-17(10-8-16)19-12-11-18(26)14-21(19)27/h3-12,14,26-27H,2,13,15H2,1H3. The molecule has 0 spiro atoms. The lowest BCUT2D eigenvalue weighted by Crippen LogP contribution is -2.23. The number of rotatable bonds is 6. The van der Waals surface area contributed by atoms with E-state index in [4.69, 9.17) is 4.98 Å². The predicted octanol–water partition coefficient (Wildman–Crippen LogP) is 5.79. The summed E-state index contributed by atoms with van der Waals surface area (Å²) < 4.78 is 1.21. The normalized spacial score (nSPS) is 11.0. The van der Waals surface area contributed by atoms with E-state index in [-0.39, 0.29) is 11.5 Å². The third-order valence-electron chi connectivity index (χ3n) is 4.67. The predicted molar refractivity (Wildman–Crippen MR) is 116 cm³/mol. The second-order valence-electron chi connectivity index (χ2n) is 6.78. The molecule has 0 fully saturated rings. The van der Waals surface area contributed by atoms with Gasteiger partial charge in [-0.05, 0) is 41.8 Å². The summed E-state index contributed by atoms with van der Waals surface area (Å²) in [5.74, 6) is 0.138. The van der Waals surface area contributed by atoms with Gasteiger partial charge in [-0.1, -0.05) is 54.7 Å². The van der Waals surface area contributed by atoms with Crippen molar-refractivity contribution in [2.45, 2.75) is 19.9 Å². The van der Waals surface area contributed by atoms with E-state index in [9.17, 15) is 10.2 Å². The van der Waals surface area contributed by atoms with E-state index >= 15 is 0 Å². The molecular weight excluding hydrogens is 368 g/mol. The molecule has 0 radical (unpaired) electrons. The Morgan fingerprint density at radius 1 is 0.964 bits per heavy atom. The maximum atomic E-state index is 10.1. The van der Waals surface area contributed by atoms with Crippen LogP contribution >= 0.6 is 11.3 Å². The zero-order chi connectivity index (χ0) is 19.5. The molecule has 2 N–H and O–H groups in total. The number of aromatic hydroxyl groups is 2. The summed E-state index contributed by atoms with van der Waals surface area (Å²) >= 11 is 1.73. The molecule has 28 heavy (non-hydrogen) atoms. The fraction of sp³-hybridized carbons (Fsp3) is 0.174. The summed E-state index contributed by atoms with van der Waals surface area (Å²) in [7, 11) is 0. The van der Waals surface area contributed by atoms with Gasteiger partial charge in [-0.3, -0.25) is 0 Å². The van der Waals surface area contributed by atoms with Gasteiger partial charge in [-0.15, -0.1) is 0 Å². The first kappa shape index (κ1) is 18.3. The van der Waals surface area contributed by atoms with Gasteiger partial charge in [0.15, 0.2) is 5.13 Å². The molecule has 142 valence electrons. The van der Waals surface area contributed by atoms with E-state index in [1.807, 2.05) is 24.3 Å². The van der Waals surface area contributed by atoms with Crippen molar-refractivity contribution in [3.8, 4) is 22.6 Å². The minimum Gasteiger partial charge on any atom is -0.508 e. The average Bonchev–Trinajstić information content (AvgIpc) is 3.13. The topological polar surface area (TPSA) is 56.6 Å². The Morgan fingerprint density at radius 2 is 1.75 bits per heavy atom. The maximum absolute atomic E-state index is 10.1. The monoisotopic (exact) mass is 390 g/mol. The van der Waals surface area contributed by atoms with E-state index in [1.165, 1.54) is 16.3 Å². The molecule has 0 aliphatic carbocycles. The van der Waals surface area contributed by atoms with Crippen molar-refractivity contribution in [2.24, 2.45) is 0 Å². The lowest BCUT2D eigenvalue weighted by atomic mass is 10.0. The number of para-hydroxylation sites is 1. The number of aromatic nitrogens is 1. The number of phenols is 2. The van der Waals surface area contributed by atoms with Crippen LogP contribution in [0, 0.1) is 0 Å². The van der Waals surface area contributed by atoms with Gasteiger partial charge in [0, 0.05) is 24.7 Å². The Morgan fingerprint density at radius 3 is 2.46 bits per heavy atom. The first-order chi connectivity index (χ1) is 13.6. The first-order valence-electron chi connectivity index (χ1n) is 9.36. The van der Waals surface area contributed by atoms with Crippen molar-refractivity contribution < 1.29 is 10.2 Å². The minimum absolute atomic E-state index is 0.0592. The molecule has 4 rings (SSSR count). The van der Waals surface area contributed by atoms with Gasteiger partial charge < -0.3 is 15.1 Å². The fourth-order valence-electron chi connectivity index (χ4n) is 3.28. The Bertz CT molecular complexity index is 1060. The van der Waals surface area contributed by atoms with Gasteiger partial charge in [-0.25, -0.2) is 4.98 Å². The highest BCUT2D eigenvalue weighted by Crippen LogP contribution is 2.33. The van der Waals surface area contributed by atoms with Crippen LogP contribution in [0.1, 0.15) is 18.9 Å². The van der Waals surface area contributed by atoms with Crippen LogP contribution in [0.5, 0.6) is 11.5 Å². The number of nitrogens with zero attached hydrogens (tertiary/aromatic N) is 2. The Balaban J connectivity index is 1.57. The van der Waals surface area contributed by atoms with Crippen LogP contribution in [0.3, 0.4) is 0 Å². The number of benzene rings is 3. The summed E-state index contributed by atoms with van der Waals surface area (Å²) in [4.78, 5) is 7.12. The van der Waals surface area contributed by atoms with Crippen molar-refractivity contribution in [2.75, 3.05) is 11.4 Å². The second kappa shape index (κ2) is 7.90. The van der Waals surface area contributed by atoms with Gasteiger partial charge in [0.1, 0.15) is 11.5 Å². The summed E-state index contributed by atoms with van der Waals surface area (Å²) in [6.45, 7) is 3.91. The van der Waals surface area contributed by atoms with Gasteiger partial charge >= 0.3 is 0 Å². The third kappa shape index (κ3) is 3.80. The summed E-state index contributed by atoms with van der Waals surface area (Å²) in [6, 6.07) is 21.1. The van der Waals surface area contributed by atoms with Gasteiger partial charge in [-0.2, -0.15) is 0 Å². The Kier molecular flexibility index (Phi) is 5.17. The van der Waals surface area contributed by atoms with Crippen LogP contribution in [0.15, 0.2) is 66.7 Å². The molecule has 4 nitrogen and oxygen atoms in total. The average molecular weight is 391 g/mol. The molecule has 4 aromatic rings. The van der Waals surface area contributed by atoms with Crippen LogP contribution in [-0.2, 0) is 6.54 Å². The molecular formula is C23H22N2O2S. The number of hydrogen-bond donors (Lipinski definition) is 2. The summed E-state index contributed by atoms with van der Waals surface area (Å²) in [6.07, 6.45) is 1.05. The highest BCUT2D eigenvalue weighted by Gasteiger charge is 2.13. The molecule has 0 unspecified atom stereocenters. The highest BCUT2D eigenvalue weighted by atomic mass is 32.1. The smallest absolute Gasteiger partial charge is 0.186 e. The van der Waals surface area contributed by atoms with Crippen molar-refractivity contribution in [1.82, 2.24) is 4.98 Å². The molecule has 0 aliphatic heterocycles. The molecule has 5 heteroatoms. The number of hydrogen-bond acceptors (Lipinski definition) is 5. The molecule has 0 saturated carbocycles. The van der Waals surface area contributed by atoms with Crippen LogP contribution in [0.4, 0.5) is 5.13 Å². The summed E-state index contributed by atoms with van der Waals surface area (Å²) in [5, 5.41) is 20.6. The van der Waals surface area contributed by atoms with E-state index in [2.05, 4.69) is 36.1 Å². The molecule has 0 aliphatic rings. The minimum atomic E-state index is 0.0592. The van der Waals surface area contributed by atoms with Crippen LogP contribution in [0.25, 0.3) is 21.3 Å². The molecule has 0 amide bonds. The van der Waals surface area contributed by atoms with Crippen molar-refractivity contribution in [3.05, 3.63) is 72.3 Å². The molecule has 0 saturated heterocycles. The van der Waals surface area contributed by atoms with Crippen molar-refractivity contribution in [3.63, 3.8) is 0 Å². The lowest BCUT2D eigenvalue weighted by molar-refractivity contribution is 0.452. The summed E-state index contributed by atoms with van der Waals surface area (Å²) in [5.41, 5.74) is 3.86. The van der Waals surface area contributed by atoms with Crippen LogP contribution in [-0.4, -0.2) is 21.7 Å². The fourth-order valence-corrected chi connectivity index (χ4v) is 4.27. The van der Waals surface area contributed by atoms with E-state index < -0.39 is 0 Å². The SMILES string of the molecule is CCCN(Cc1ccc(-c2ccc(O)cc2O)cc1)c1nc2ccccc2s1. The van der Waals surface area contributed by atoms with E-state index in [0.29, 0.717) is 5.56 Å². The van der Waals surface area contributed by atoms with Crippen LogP contribution < -0.4 is 4.90 Å². The number of thiazole rings is 1. The molecule has 3 aromatic carbocycles. The Labute approximate surface area is 168 Å². The van der Waals surface area contributed by atoms with Crippen LogP contribution in [0.2, 0.25) is 0 Å². The largest absolute Gasteiger partial charge is 0.508 e. The van der Waals surface area contributed by atoms with Crippen molar-refractivity contribution in [1.29, 1.82) is 0 Å². The molecule has 1 heterocycles. The second-order valence-corrected chi connectivity index (χ2v) is 7.79. The van der Waals surface area contributed by atoms with Gasteiger partial charge in [0.2, 0.25) is 0 Å². The number of phenolic OH excluding ortho intramolecular Hbond substituents is 2. The first-order valence-corrected chi connectivity index (χ1v) is 10.2. The Hall–Kier alpha value is -3.05. The number of fused-ring (bicyclic) bond motifs is 1. The zero-order valence-corrected chi connectivity index (χ0v) is 16.5. The van der Waals surface area contributed by atoms with E-state index in [1.54, 1.807) is 23.5 Å². The highest BCUT2D eigenvalue weighted by molar-refractivity contribution is 7.22. The third-order valence-corrected chi connectivity index (χ3v) is 5.76. The maximum Gasteiger partial charge on any atom is 0.186 e. The lowest BCUT2D eigenvalue weighted by Gasteiger charge is -2.21. The molecule has 1 aromatic heterocycles.